The molecule has 1 aliphatic rings. The van der Waals surface area contributed by atoms with E-state index < -0.39 is 10.0 Å². The highest BCUT2D eigenvalue weighted by molar-refractivity contribution is 7.89. The van der Waals surface area contributed by atoms with E-state index in [1.54, 1.807) is 0 Å². The summed E-state index contributed by atoms with van der Waals surface area (Å²) < 4.78 is 30.6. The first-order valence-electron chi connectivity index (χ1n) is 6.52. The molecule has 7 nitrogen and oxygen atoms in total. The summed E-state index contributed by atoms with van der Waals surface area (Å²) >= 11 is 0. The lowest BCUT2D eigenvalue weighted by atomic mass is 10.2. The zero-order valence-corrected chi connectivity index (χ0v) is 12.4. The first-order valence-corrected chi connectivity index (χ1v) is 8.13. The molecule has 1 heterocycles. The molecular weight excluding hydrogens is 268 g/mol. The summed E-state index contributed by atoms with van der Waals surface area (Å²) in [5.74, 6) is 0.149. The van der Waals surface area contributed by atoms with Crippen LogP contribution in [-0.4, -0.2) is 74.6 Å². The lowest BCUT2D eigenvalue weighted by Gasteiger charge is -2.36. The minimum absolute atomic E-state index is 0.0309. The molecule has 112 valence electrons. The monoisotopic (exact) mass is 292 g/mol. The number of nitrogens with two attached hydrogens (primary N) is 1. The second-order valence-electron chi connectivity index (χ2n) is 4.58. The van der Waals surface area contributed by atoms with Crippen LogP contribution in [0.25, 0.3) is 0 Å². The van der Waals surface area contributed by atoms with Crippen molar-refractivity contribution in [2.24, 2.45) is 5.73 Å². The van der Waals surface area contributed by atoms with Gasteiger partial charge in [0.15, 0.2) is 0 Å². The van der Waals surface area contributed by atoms with Gasteiger partial charge < -0.3 is 10.5 Å². The van der Waals surface area contributed by atoms with Crippen LogP contribution in [0, 0.1) is 5.41 Å². The van der Waals surface area contributed by atoms with E-state index in [0.29, 0.717) is 32.8 Å². The summed E-state index contributed by atoms with van der Waals surface area (Å²) in [5, 5.41) is 7.41. The van der Waals surface area contributed by atoms with Crippen LogP contribution in [0.4, 0.5) is 0 Å². The molecule has 0 aliphatic carbocycles. The summed E-state index contributed by atoms with van der Waals surface area (Å²) in [5.41, 5.74) is 5.46. The largest absolute Gasteiger partial charge is 0.386 e. The molecule has 1 saturated heterocycles. The van der Waals surface area contributed by atoms with Crippen LogP contribution in [0.5, 0.6) is 0 Å². The highest BCUT2D eigenvalue weighted by Gasteiger charge is 2.29. The number of nitrogens with zero attached hydrogens (tertiary/aromatic N) is 2. The van der Waals surface area contributed by atoms with Gasteiger partial charge in [0.25, 0.3) is 0 Å². The molecule has 3 N–H and O–H groups in total. The summed E-state index contributed by atoms with van der Waals surface area (Å²) in [4.78, 5) is 2.02. The average molecular weight is 292 g/mol. The summed E-state index contributed by atoms with van der Waals surface area (Å²) in [6.45, 7) is 6.58. The maximum atomic E-state index is 12.0. The van der Waals surface area contributed by atoms with Crippen molar-refractivity contribution in [2.75, 3.05) is 45.1 Å². The zero-order valence-electron chi connectivity index (χ0n) is 11.6. The minimum atomic E-state index is -3.23. The third kappa shape index (κ3) is 4.72. The molecule has 1 unspecified atom stereocenters. The third-order valence-electron chi connectivity index (χ3n) is 3.35. The normalized spacial score (nSPS) is 20.3. The predicted molar refractivity (Wildman–Crippen MR) is 74.8 cm³/mol. The lowest BCUT2D eigenvalue weighted by molar-refractivity contribution is 0.157. The molecule has 1 atom stereocenters. The predicted octanol–water partition coefficient (Wildman–Crippen LogP) is -0.705. The van der Waals surface area contributed by atoms with Gasteiger partial charge in [-0.25, -0.2) is 8.42 Å². The molecule has 0 saturated carbocycles. The van der Waals surface area contributed by atoms with Crippen molar-refractivity contribution in [1.82, 2.24) is 9.21 Å². The smallest absolute Gasteiger partial charge is 0.216 e. The number of rotatable bonds is 7. The molecule has 8 heteroatoms. The fourth-order valence-electron chi connectivity index (χ4n) is 2.00. The van der Waals surface area contributed by atoms with Gasteiger partial charge in [0.2, 0.25) is 10.0 Å². The fourth-order valence-corrected chi connectivity index (χ4v) is 3.31. The quantitative estimate of drug-likeness (QED) is 0.367. The maximum absolute atomic E-state index is 12.0. The molecule has 0 spiro atoms. The Labute approximate surface area is 115 Å². The Hall–Kier alpha value is -0.700. The first-order chi connectivity index (χ1) is 8.88. The Morgan fingerprint density at radius 2 is 1.95 bits per heavy atom. The van der Waals surface area contributed by atoms with Crippen LogP contribution in [0.15, 0.2) is 0 Å². The van der Waals surface area contributed by atoms with Gasteiger partial charge in [-0.1, -0.05) is 0 Å². The Morgan fingerprint density at radius 3 is 2.42 bits per heavy atom. The van der Waals surface area contributed by atoms with E-state index in [2.05, 4.69) is 0 Å². The summed E-state index contributed by atoms with van der Waals surface area (Å²) in [6, 6.07) is -0.131. The van der Waals surface area contributed by atoms with Crippen molar-refractivity contribution in [3.63, 3.8) is 0 Å². The number of ether oxygens (including phenoxy) is 1. The van der Waals surface area contributed by atoms with E-state index in [4.69, 9.17) is 15.9 Å². The Bertz CT molecular complexity index is 391. The van der Waals surface area contributed by atoms with Crippen LogP contribution in [0.2, 0.25) is 0 Å². The number of amidine groups is 1. The summed E-state index contributed by atoms with van der Waals surface area (Å²) in [7, 11) is -3.23. The highest BCUT2D eigenvalue weighted by Crippen LogP contribution is 2.10. The number of piperazine rings is 1. The Kier molecular flexibility index (Phi) is 6.18. The SMILES string of the molecule is CCOCCS(=O)(=O)N1CCN(C(C)C(=N)N)CC1. The molecular formula is C11H24N4O3S. The first kappa shape index (κ1) is 16.4. The number of nitrogens with one attached hydrogen (secondary N) is 1. The average Bonchev–Trinajstić information content (AvgIpc) is 2.38. The topological polar surface area (TPSA) is 99.7 Å². The van der Waals surface area contributed by atoms with Crippen molar-refractivity contribution in [1.29, 1.82) is 5.41 Å². The van der Waals surface area contributed by atoms with E-state index in [9.17, 15) is 8.42 Å². The standard InChI is InChI=1S/C11H24N4O3S/c1-3-18-8-9-19(16,17)15-6-4-14(5-7-15)10(2)11(12)13/h10H,3-9H2,1-2H3,(H3,12,13). The van der Waals surface area contributed by atoms with E-state index in [-0.39, 0.29) is 24.2 Å². The van der Waals surface area contributed by atoms with E-state index in [0.717, 1.165) is 0 Å². The van der Waals surface area contributed by atoms with Gasteiger partial charge in [-0.2, -0.15) is 4.31 Å². The van der Waals surface area contributed by atoms with Gasteiger partial charge in [0, 0.05) is 32.8 Å². The van der Waals surface area contributed by atoms with Gasteiger partial charge in [0.1, 0.15) is 5.84 Å². The van der Waals surface area contributed by atoms with Crippen molar-refractivity contribution < 1.29 is 13.2 Å². The van der Waals surface area contributed by atoms with Crippen molar-refractivity contribution >= 4 is 15.9 Å². The molecule has 0 amide bonds. The van der Waals surface area contributed by atoms with Gasteiger partial charge in [-0.3, -0.25) is 10.3 Å². The van der Waals surface area contributed by atoms with E-state index in [1.165, 1.54) is 4.31 Å². The molecule has 0 radical (unpaired) electrons. The number of sulfonamides is 1. The molecule has 0 aromatic heterocycles. The van der Waals surface area contributed by atoms with Crippen LogP contribution in [-0.2, 0) is 14.8 Å². The molecule has 1 aliphatic heterocycles. The van der Waals surface area contributed by atoms with E-state index >= 15 is 0 Å². The fraction of sp³-hybridized carbons (Fsp3) is 0.909. The third-order valence-corrected chi connectivity index (χ3v) is 5.19. The van der Waals surface area contributed by atoms with Gasteiger partial charge >= 0.3 is 0 Å². The van der Waals surface area contributed by atoms with Crippen LogP contribution in [0.1, 0.15) is 13.8 Å². The van der Waals surface area contributed by atoms with Gasteiger partial charge in [0.05, 0.1) is 18.4 Å². The van der Waals surface area contributed by atoms with E-state index in [1.807, 2.05) is 18.7 Å². The van der Waals surface area contributed by atoms with Crippen LogP contribution < -0.4 is 5.73 Å². The highest BCUT2D eigenvalue weighted by atomic mass is 32.2. The van der Waals surface area contributed by atoms with Gasteiger partial charge in [-0.15, -0.1) is 0 Å². The molecule has 0 bridgehead atoms. The Balaban J connectivity index is 2.46. The van der Waals surface area contributed by atoms with Gasteiger partial charge in [-0.05, 0) is 13.8 Å². The summed E-state index contributed by atoms with van der Waals surface area (Å²) in [6.07, 6.45) is 0. The van der Waals surface area contributed by atoms with Crippen molar-refractivity contribution in [2.45, 2.75) is 19.9 Å². The molecule has 19 heavy (non-hydrogen) atoms. The van der Waals surface area contributed by atoms with Crippen molar-refractivity contribution in [3.05, 3.63) is 0 Å². The number of hydrogen-bond acceptors (Lipinski definition) is 5. The minimum Gasteiger partial charge on any atom is -0.386 e. The van der Waals surface area contributed by atoms with Crippen molar-refractivity contribution in [3.8, 4) is 0 Å². The number of hydrogen-bond donors (Lipinski definition) is 2. The van der Waals surface area contributed by atoms with Crippen LogP contribution >= 0.6 is 0 Å². The second kappa shape index (κ2) is 7.18. The molecule has 0 aromatic rings. The molecule has 0 aromatic carbocycles. The Morgan fingerprint density at radius 1 is 1.37 bits per heavy atom. The van der Waals surface area contributed by atoms with Crippen LogP contribution in [0.3, 0.4) is 0 Å². The molecule has 1 rings (SSSR count). The maximum Gasteiger partial charge on any atom is 0.216 e. The lowest BCUT2D eigenvalue weighted by Crippen LogP contribution is -2.54. The molecule has 1 fully saturated rings. The zero-order chi connectivity index (χ0) is 14.5. The second-order valence-corrected chi connectivity index (χ2v) is 6.67.